The minimum atomic E-state index is 0.635. The summed E-state index contributed by atoms with van der Waals surface area (Å²) in [4.78, 5) is 15.8. The summed E-state index contributed by atoms with van der Waals surface area (Å²) < 4.78 is 2.39. The first-order valence-corrected chi connectivity index (χ1v) is 19.3. The van der Waals surface area contributed by atoms with E-state index in [0.717, 1.165) is 60.7 Å². The molecule has 0 saturated carbocycles. The predicted octanol–water partition coefficient (Wildman–Crippen LogP) is 13.6. The van der Waals surface area contributed by atoms with Gasteiger partial charge in [0.25, 0.3) is 0 Å². The second-order valence-electron chi connectivity index (χ2n) is 14.4. The van der Waals surface area contributed by atoms with Gasteiger partial charge in [0.15, 0.2) is 17.5 Å². The summed E-state index contributed by atoms with van der Waals surface area (Å²) in [5, 5.41) is 6.88. The number of hydrogen-bond acceptors (Lipinski definition) is 3. The lowest BCUT2D eigenvalue weighted by molar-refractivity contribution is 1.08. The van der Waals surface area contributed by atoms with E-state index >= 15 is 0 Å². The fourth-order valence-electron chi connectivity index (χ4n) is 8.29. The van der Waals surface area contributed by atoms with Crippen LogP contribution in [0.1, 0.15) is 0 Å². The van der Waals surface area contributed by atoms with Crippen molar-refractivity contribution in [2.45, 2.75) is 0 Å². The molecule has 4 heteroatoms. The zero-order valence-electron chi connectivity index (χ0n) is 30.9. The second-order valence-corrected chi connectivity index (χ2v) is 14.4. The Bertz CT molecular complexity index is 3290. The molecule has 2 heterocycles. The van der Waals surface area contributed by atoms with Crippen LogP contribution in [0.25, 0.3) is 105 Å². The summed E-state index contributed by atoms with van der Waals surface area (Å²) in [6.07, 6.45) is 0. The molecule has 0 aliphatic rings. The molecule has 2 aromatic heterocycles. The first-order valence-electron chi connectivity index (χ1n) is 19.3. The first kappa shape index (κ1) is 32.7. The Kier molecular flexibility index (Phi) is 7.78. The maximum atomic E-state index is 5.30. The van der Waals surface area contributed by atoms with Crippen molar-refractivity contribution < 1.29 is 0 Å². The minimum absolute atomic E-state index is 0.635. The lowest BCUT2D eigenvalue weighted by Crippen LogP contribution is -2.01. The summed E-state index contributed by atoms with van der Waals surface area (Å²) in [6.45, 7) is 0. The van der Waals surface area contributed by atoms with Gasteiger partial charge < -0.3 is 4.57 Å². The highest BCUT2D eigenvalue weighted by Crippen LogP contribution is 2.39. The van der Waals surface area contributed by atoms with Gasteiger partial charge in [-0.3, -0.25) is 0 Å². The van der Waals surface area contributed by atoms with E-state index in [1.807, 2.05) is 6.07 Å². The topological polar surface area (TPSA) is 43.6 Å². The molecule has 57 heavy (non-hydrogen) atoms. The van der Waals surface area contributed by atoms with Gasteiger partial charge in [0.2, 0.25) is 0 Å². The zero-order valence-corrected chi connectivity index (χ0v) is 30.9. The molecule has 0 saturated heterocycles. The Balaban J connectivity index is 1.14. The summed E-state index contributed by atoms with van der Waals surface area (Å²) in [5.41, 5.74) is 10.9. The Hall–Kier alpha value is -7.69. The van der Waals surface area contributed by atoms with Gasteiger partial charge in [0.1, 0.15) is 0 Å². The first-order chi connectivity index (χ1) is 28.2. The highest BCUT2D eigenvalue weighted by atomic mass is 15.0. The van der Waals surface area contributed by atoms with Gasteiger partial charge in [0, 0.05) is 33.2 Å². The van der Waals surface area contributed by atoms with E-state index in [1.54, 1.807) is 0 Å². The van der Waals surface area contributed by atoms with Crippen LogP contribution in [0.2, 0.25) is 0 Å². The minimum Gasteiger partial charge on any atom is -0.309 e. The zero-order chi connectivity index (χ0) is 37.7. The maximum Gasteiger partial charge on any atom is 0.164 e. The average molecular weight is 727 g/mol. The monoisotopic (exact) mass is 726 g/mol. The van der Waals surface area contributed by atoms with Crippen molar-refractivity contribution in [3.63, 3.8) is 0 Å². The van der Waals surface area contributed by atoms with E-state index in [4.69, 9.17) is 15.0 Å². The lowest BCUT2D eigenvalue weighted by Gasteiger charge is -2.14. The Morgan fingerprint density at radius 2 is 0.895 bits per heavy atom. The van der Waals surface area contributed by atoms with Crippen LogP contribution in [0.4, 0.5) is 0 Å². The molecule has 0 radical (unpaired) electrons. The van der Waals surface area contributed by atoms with Crippen LogP contribution in [0.15, 0.2) is 206 Å². The largest absolute Gasteiger partial charge is 0.309 e. The summed E-state index contributed by atoms with van der Waals surface area (Å²) in [7, 11) is 0. The Morgan fingerprint density at radius 3 is 1.74 bits per heavy atom. The van der Waals surface area contributed by atoms with Gasteiger partial charge in [-0.25, -0.2) is 15.0 Å². The molecule has 0 N–H and O–H groups in total. The number of aromatic nitrogens is 4. The smallest absolute Gasteiger partial charge is 0.164 e. The molecular weight excluding hydrogens is 693 g/mol. The molecule has 0 fully saturated rings. The number of benzene rings is 9. The van der Waals surface area contributed by atoms with E-state index < -0.39 is 0 Å². The van der Waals surface area contributed by atoms with Crippen LogP contribution in [0, 0.1) is 0 Å². The van der Waals surface area contributed by atoms with Crippen LogP contribution >= 0.6 is 0 Å². The van der Waals surface area contributed by atoms with Crippen molar-refractivity contribution in [2.24, 2.45) is 0 Å². The van der Waals surface area contributed by atoms with Crippen LogP contribution in [0.3, 0.4) is 0 Å². The van der Waals surface area contributed by atoms with Crippen molar-refractivity contribution in [3.05, 3.63) is 206 Å². The molecule has 9 aromatic carbocycles. The lowest BCUT2D eigenvalue weighted by atomic mass is 9.98. The molecule has 11 aromatic rings. The van der Waals surface area contributed by atoms with E-state index in [-0.39, 0.29) is 0 Å². The number of rotatable bonds is 6. The molecule has 266 valence electrons. The third kappa shape index (κ3) is 5.74. The number of para-hydroxylation sites is 1. The van der Waals surface area contributed by atoms with E-state index in [1.165, 1.54) is 27.3 Å². The Morgan fingerprint density at radius 1 is 0.281 bits per heavy atom. The third-order valence-electron chi connectivity index (χ3n) is 11.0. The highest BCUT2D eigenvalue weighted by molar-refractivity contribution is 6.15. The van der Waals surface area contributed by atoms with Crippen molar-refractivity contribution in [2.75, 3.05) is 0 Å². The number of nitrogens with zero attached hydrogens (tertiary/aromatic N) is 4. The number of hydrogen-bond donors (Lipinski definition) is 0. The van der Waals surface area contributed by atoms with Crippen molar-refractivity contribution in [1.29, 1.82) is 0 Å². The fraction of sp³-hybridized carbons (Fsp3) is 0. The standard InChI is InChI=1S/C53H34N4/c1-3-15-35(16-4-1)39-21-13-23-42(32-39)57-49-28-12-11-25-44(49)48-34-47-40(33-50(48)57)22-14-27-46(47)53-55-51(41-30-29-36-17-7-8-20-38(36)31-41)54-52(56-53)45-26-10-9-24-43(45)37-18-5-2-6-19-37/h1-34H. The van der Waals surface area contributed by atoms with Gasteiger partial charge in [-0.05, 0) is 80.2 Å². The molecule has 11 rings (SSSR count). The molecule has 0 amide bonds. The van der Waals surface area contributed by atoms with Crippen molar-refractivity contribution >= 4 is 43.4 Å². The quantitative estimate of drug-likeness (QED) is 0.171. The Labute approximate surface area is 330 Å². The van der Waals surface area contributed by atoms with Crippen LogP contribution in [-0.2, 0) is 0 Å². The van der Waals surface area contributed by atoms with Crippen LogP contribution in [0.5, 0.6) is 0 Å². The number of fused-ring (bicyclic) bond motifs is 5. The van der Waals surface area contributed by atoms with E-state index in [2.05, 4.69) is 205 Å². The average Bonchev–Trinajstić information content (AvgIpc) is 3.61. The van der Waals surface area contributed by atoms with E-state index in [9.17, 15) is 0 Å². The third-order valence-corrected chi connectivity index (χ3v) is 11.0. The van der Waals surface area contributed by atoms with Crippen molar-refractivity contribution in [1.82, 2.24) is 19.5 Å². The van der Waals surface area contributed by atoms with E-state index in [0.29, 0.717) is 17.5 Å². The maximum absolute atomic E-state index is 5.30. The predicted molar refractivity (Wildman–Crippen MR) is 236 cm³/mol. The molecule has 0 spiro atoms. The highest BCUT2D eigenvalue weighted by Gasteiger charge is 2.19. The molecule has 0 aliphatic heterocycles. The summed E-state index contributed by atoms with van der Waals surface area (Å²) in [5.74, 6) is 1.91. The second kappa shape index (κ2) is 13.6. The van der Waals surface area contributed by atoms with Gasteiger partial charge in [-0.1, -0.05) is 170 Å². The van der Waals surface area contributed by atoms with Gasteiger partial charge in [0.05, 0.1) is 11.0 Å². The summed E-state index contributed by atoms with van der Waals surface area (Å²) in [6, 6.07) is 72.9. The SMILES string of the molecule is c1ccc(-c2cccc(-n3c4ccccc4c4cc5c(-c6nc(-c7ccc8ccccc8c7)nc(-c7ccccc7-c7ccccc7)n6)cccc5cc43)c2)cc1. The molecule has 0 bridgehead atoms. The van der Waals surface area contributed by atoms with Crippen LogP contribution in [-0.4, -0.2) is 19.5 Å². The van der Waals surface area contributed by atoms with Gasteiger partial charge in [-0.2, -0.15) is 0 Å². The van der Waals surface area contributed by atoms with Gasteiger partial charge >= 0.3 is 0 Å². The fourth-order valence-corrected chi connectivity index (χ4v) is 8.29. The molecule has 4 nitrogen and oxygen atoms in total. The summed E-state index contributed by atoms with van der Waals surface area (Å²) >= 11 is 0. The van der Waals surface area contributed by atoms with Crippen LogP contribution < -0.4 is 0 Å². The van der Waals surface area contributed by atoms with Crippen molar-refractivity contribution in [3.8, 4) is 62.1 Å². The van der Waals surface area contributed by atoms with Gasteiger partial charge in [-0.15, -0.1) is 0 Å². The molecular formula is C53H34N4. The molecule has 0 aliphatic carbocycles. The normalized spacial score (nSPS) is 11.5. The molecule has 0 unspecified atom stereocenters. The molecule has 0 atom stereocenters.